The van der Waals surface area contributed by atoms with Crippen molar-refractivity contribution in [2.24, 2.45) is 0 Å². The maximum Gasteiger partial charge on any atom is 0.313 e. The lowest BCUT2D eigenvalue weighted by molar-refractivity contribution is -0.133. The van der Waals surface area contributed by atoms with Gasteiger partial charge < -0.3 is 10.4 Å². The highest BCUT2D eigenvalue weighted by molar-refractivity contribution is 7.99. The monoisotopic (exact) mass is 353 g/mol. The highest BCUT2D eigenvalue weighted by Gasteiger charge is 2.13. The first-order chi connectivity index (χ1) is 11.0. The van der Waals surface area contributed by atoms with E-state index in [1.54, 1.807) is 22.9 Å². The molecule has 0 spiro atoms. The first-order valence-electron chi connectivity index (χ1n) is 6.87. The molecule has 0 bridgehead atoms. The summed E-state index contributed by atoms with van der Waals surface area (Å²) in [6.45, 7) is 2.24. The van der Waals surface area contributed by atoms with Gasteiger partial charge in [-0.1, -0.05) is 17.7 Å². The summed E-state index contributed by atoms with van der Waals surface area (Å²) in [6.07, 6.45) is 0. The molecule has 0 aliphatic carbocycles. The molecule has 0 aliphatic heterocycles. The Morgan fingerprint density at radius 2 is 2.17 bits per heavy atom. The third-order valence-electron chi connectivity index (χ3n) is 2.93. The molecule has 122 valence electrons. The maximum absolute atomic E-state index is 12.1. The Morgan fingerprint density at radius 1 is 1.39 bits per heavy atom. The Bertz CT molecular complexity index is 718. The number of hydrogen-bond acceptors (Lipinski definition) is 4. The molecule has 1 aromatic carbocycles. The molecule has 0 fully saturated rings. The maximum atomic E-state index is 12.1. The van der Waals surface area contributed by atoms with Gasteiger partial charge in [-0.2, -0.15) is 5.10 Å². The minimum atomic E-state index is -0.864. The number of carbonyl (C=O) groups excluding carboxylic acids is 1. The Kier molecular flexibility index (Phi) is 6.06. The highest BCUT2D eigenvalue weighted by atomic mass is 35.5. The van der Waals surface area contributed by atoms with E-state index in [2.05, 4.69) is 10.4 Å². The molecule has 0 saturated carbocycles. The molecule has 2 N–H and O–H groups in total. The first-order valence-corrected chi connectivity index (χ1v) is 8.41. The smallest absolute Gasteiger partial charge is 0.313 e. The van der Waals surface area contributed by atoms with Crippen LogP contribution in [0.1, 0.15) is 16.2 Å². The van der Waals surface area contributed by atoms with Crippen LogP contribution in [0.4, 0.5) is 0 Å². The standard InChI is InChI=1S/C15H16ClN3O3S/c1-10-7-13(15(22)17-5-6-23-9-14(20)21)18-19(10)12-4-2-3-11(16)8-12/h2-4,7-8H,5-6,9H2,1H3,(H,17,22)(H,20,21). The summed E-state index contributed by atoms with van der Waals surface area (Å²) in [5, 5.41) is 16.1. The van der Waals surface area contributed by atoms with Crippen LogP contribution < -0.4 is 5.32 Å². The minimum absolute atomic E-state index is 0.0262. The van der Waals surface area contributed by atoms with Gasteiger partial charge >= 0.3 is 5.97 Å². The normalized spacial score (nSPS) is 10.5. The fourth-order valence-corrected chi connectivity index (χ4v) is 2.69. The summed E-state index contributed by atoms with van der Waals surface area (Å²) in [7, 11) is 0. The molecule has 1 heterocycles. The van der Waals surface area contributed by atoms with Crippen molar-refractivity contribution in [2.75, 3.05) is 18.1 Å². The Labute approximate surface area is 142 Å². The third kappa shape index (κ3) is 5.01. The number of carbonyl (C=O) groups is 2. The van der Waals surface area contributed by atoms with Crippen molar-refractivity contribution in [2.45, 2.75) is 6.92 Å². The van der Waals surface area contributed by atoms with E-state index in [0.717, 1.165) is 11.4 Å². The van der Waals surface area contributed by atoms with Gasteiger partial charge in [0.05, 0.1) is 11.4 Å². The first kappa shape index (κ1) is 17.4. The van der Waals surface area contributed by atoms with E-state index < -0.39 is 5.97 Å². The Hall–Kier alpha value is -1.99. The van der Waals surface area contributed by atoms with Gasteiger partial charge in [0.2, 0.25) is 0 Å². The number of nitrogens with zero attached hydrogens (tertiary/aromatic N) is 2. The number of hydrogen-bond donors (Lipinski definition) is 2. The van der Waals surface area contributed by atoms with Crippen LogP contribution in [0.5, 0.6) is 0 Å². The quantitative estimate of drug-likeness (QED) is 0.746. The largest absolute Gasteiger partial charge is 0.481 e. The fourth-order valence-electron chi connectivity index (χ4n) is 1.94. The van der Waals surface area contributed by atoms with Gasteiger partial charge in [-0.05, 0) is 31.2 Å². The van der Waals surface area contributed by atoms with Crippen LogP contribution in [0, 0.1) is 6.92 Å². The van der Waals surface area contributed by atoms with Crippen LogP contribution in [-0.2, 0) is 4.79 Å². The predicted octanol–water partition coefficient (Wildman–Crippen LogP) is 2.38. The number of aliphatic carboxylic acids is 1. The Balaban J connectivity index is 1.97. The van der Waals surface area contributed by atoms with Gasteiger partial charge in [0.25, 0.3) is 5.91 Å². The zero-order valence-electron chi connectivity index (χ0n) is 12.5. The van der Waals surface area contributed by atoms with E-state index in [0.29, 0.717) is 23.0 Å². The van der Waals surface area contributed by atoms with Gasteiger partial charge in [-0.15, -0.1) is 11.8 Å². The molecule has 0 atom stereocenters. The molecule has 8 heteroatoms. The summed E-state index contributed by atoms with van der Waals surface area (Å²) >= 11 is 7.22. The molecule has 6 nitrogen and oxygen atoms in total. The van der Waals surface area contributed by atoms with E-state index in [1.807, 2.05) is 19.1 Å². The van der Waals surface area contributed by atoms with Crippen molar-refractivity contribution in [3.8, 4) is 5.69 Å². The summed E-state index contributed by atoms with van der Waals surface area (Å²) < 4.78 is 1.65. The van der Waals surface area contributed by atoms with Gasteiger partial charge in [-0.25, -0.2) is 4.68 Å². The highest BCUT2D eigenvalue weighted by Crippen LogP contribution is 2.16. The van der Waals surface area contributed by atoms with Gasteiger partial charge in [-0.3, -0.25) is 9.59 Å². The summed E-state index contributed by atoms with van der Waals surface area (Å²) in [5.74, 6) is -0.591. The fraction of sp³-hybridized carbons (Fsp3) is 0.267. The molecule has 0 unspecified atom stereocenters. The van der Waals surface area contributed by atoms with Crippen LogP contribution in [0.3, 0.4) is 0 Å². The van der Waals surface area contributed by atoms with Crippen molar-refractivity contribution >= 4 is 35.2 Å². The van der Waals surface area contributed by atoms with E-state index >= 15 is 0 Å². The summed E-state index contributed by atoms with van der Waals surface area (Å²) in [6, 6.07) is 8.91. The SMILES string of the molecule is Cc1cc(C(=O)NCCSCC(=O)O)nn1-c1cccc(Cl)c1. The van der Waals surface area contributed by atoms with Gasteiger partial charge in [0.15, 0.2) is 5.69 Å². The number of benzene rings is 1. The lowest BCUT2D eigenvalue weighted by atomic mass is 10.3. The molecule has 1 aromatic heterocycles. The number of carboxylic acids is 1. The topological polar surface area (TPSA) is 84.2 Å². The zero-order chi connectivity index (χ0) is 16.8. The molecular formula is C15H16ClN3O3S. The number of carboxylic acid groups (broad SMARTS) is 1. The van der Waals surface area contributed by atoms with Crippen molar-refractivity contribution in [3.63, 3.8) is 0 Å². The van der Waals surface area contributed by atoms with Crippen molar-refractivity contribution in [1.29, 1.82) is 0 Å². The van der Waals surface area contributed by atoms with Crippen LogP contribution in [0.25, 0.3) is 5.69 Å². The molecular weight excluding hydrogens is 338 g/mol. The van der Waals surface area contributed by atoms with Crippen LogP contribution in [0.15, 0.2) is 30.3 Å². The number of amides is 1. The average molecular weight is 354 g/mol. The number of thioether (sulfide) groups is 1. The number of halogens is 1. The molecule has 0 saturated heterocycles. The lowest BCUT2D eigenvalue weighted by Gasteiger charge is -2.04. The van der Waals surface area contributed by atoms with Crippen molar-refractivity contribution < 1.29 is 14.7 Å². The molecule has 0 radical (unpaired) electrons. The minimum Gasteiger partial charge on any atom is -0.481 e. The average Bonchev–Trinajstić information content (AvgIpc) is 2.88. The summed E-state index contributed by atoms with van der Waals surface area (Å²) in [4.78, 5) is 22.5. The predicted molar refractivity (Wildman–Crippen MR) is 90.6 cm³/mol. The van der Waals surface area contributed by atoms with E-state index in [-0.39, 0.29) is 11.7 Å². The van der Waals surface area contributed by atoms with Crippen LogP contribution in [-0.4, -0.2) is 44.8 Å². The van der Waals surface area contributed by atoms with E-state index in [9.17, 15) is 9.59 Å². The lowest BCUT2D eigenvalue weighted by Crippen LogP contribution is -2.26. The number of rotatable bonds is 7. The zero-order valence-corrected chi connectivity index (χ0v) is 14.0. The molecule has 1 amide bonds. The number of aryl methyl sites for hydroxylation is 1. The van der Waals surface area contributed by atoms with Gasteiger partial charge in [0.1, 0.15) is 0 Å². The van der Waals surface area contributed by atoms with Crippen molar-refractivity contribution in [3.05, 3.63) is 46.7 Å². The summed E-state index contributed by atoms with van der Waals surface area (Å²) in [5.41, 5.74) is 1.91. The molecule has 2 aromatic rings. The van der Waals surface area contributed by atoms with E-state index in [4.69, 9.17) is 16.7 Å². The second-order valence-electron chi connectivity index (χ2n) is 4.76. The molecule has 23 heavy (non-hydrogen) atoms. The molecule has 2 rings (SSSR count). The van der Waals surface area contributed by atoms with Crippen LogP contribution in [0.2, 0.25) is 5.02 Å². The van der Waals surface area contributed by atoms with Crippen LogP contribution >= 0.6 is 23.4 Å². The third-order valence-corrected chi connectivity index (χ3v) is 4.11. The second-order valence-corrected chi connectivity index (χ2v) is 6.31. The number of nitrogens with one attached hydrogen (secondary N) is 1. The number of aromatic nitrogens is 2. The Morgan fingerprint density at radius 3 is 2.87 bits per heavy atom. The van der Waals surface area contributed by atoms with Gasteiger partial charge in [0, 0.05) is 23.0 Å². The molecule has 0 aliphatic rings. The van der Waals surface area contributed by atoms with E-state index in [1.165, 1.54) is 11.8 Å². The van der Waals surface area contributed by atoms with Crippen molar-refractivity contribution in [1.82, 2.24) is 15.1 Å². The second kappa shape index (κ2) is 8.03.